The van der Waals surface area contributed by atoms with Gasteiger partial charge in [-0.05, 0) is 22.4 Å². The molecule has 1 rings (SSSR count). The molecule has 0 saturated carbocycles. The lowest BCUT2D eigenvalue weighted by Crippen LogP contribution is -2.01. The first-order valence-corrected chi connectivity index (χ1v) is 4.56. The first kappa shape index (κ1) is 10.6. The van der Waals surface area contributed by atoms with Crippen LogP contribution in [0.2, 0.25) is 0 Å². The number of aryl methyl sites for hydroxylation is 1. The van der Waals surface area contributed by atoms with Gasteiger partial charge in [0.05, 0.1) is 4.47 Å². The van der Waals surface area contributed by atoms with Crippen LogP contribution in [0.15, 0.2) is 10.7 Å². The van der Waals surface area contributed by atoms with Crippen LogP contribution in [0.25, 0.3) is 0 Å². The summed E-state index contributed by atoms with van der Waals surface area (Å²) in [5.74, 6) is 0. The topological polar surface area (TPSA) is 38.0 Å². The van der Waals surface area contributed by atoms with E-state index in [-0.39, 0.29) is 12.3 Å². The van der Waals surface area contributed by atoms with E-state index in [9.17, 15) is 8.78 Å². The first-order valence-electron chi connectivity index (χ1n) is 3.77. The number of alkyl halides is 2. The number of hydrogen-bond acceptors (Lipinski definition) is 2. The van der Waals surface area contributed by atoms with Gasteiger partial charge < -0.3 is 5.11 Å². The van der Waals surface area contributed by atoms with Crippen molar-refractivity contribution >= 4 is 15.9 Å². The summed E-state index contributed by atoms with van der Waals surface area (Å²) in [5, 5.41) is 12.2. The summed E-state index contributed by atoms with van der Waals surface area (Å²) >= 11 is 2.98. The Morgan fingerprint density at radius 3 is 2.77 bits per heavy atom. The van der Waals surface area contributed by atoms with Crippen molar-refractivity contribution in [2.24, 2.45) is 0 Å². The van der Waals surface area contributed by atoms with Crippen molar-refractivity contribution in [3.8, 4) is 0 Å². The quantitative estimate of drug-likeness (QED) is 0.893. The maximum absolute atomic E-state index is 12.2. The summed E-state index contributed by atoms with van der Waals surface area (Å²) < 4.78 is 26.1. The Labute approximate surface area is 82.5 Å². The van der Waals surface area contributed by atoms with E-state index in [2.05, 4.69) is 21.0 Å². The van der Waals surface area contributed by atoms with Gasteiger partial charge in [0.25, 0.3) is 6.43 Å². The SMILES string of the molecule is OCCCn1cc(Br)c(C(F)F)n1. The fraction of sp³-hybridized carbons (Fsp3) is 0.571. The normalized spacial score (nSPS) is 11.2. The van der Waals surface area contributed by atoms with Gasteiger partial charge in [-0.2, -0.15) is 5.10 Å². The number of aliphatic hydroxyl groups is 1. The Bertz CT molecular complexity index is 277. The van der Waals surface area contributed by atoms with Gasteiger partial charge in [0.1, 0.15) is 5.69 Å². The summed E-state index contributed by atoms with van der Waals surface area (Å²) in [4.78, 5) is 0. The molecule has 0 aliphatic rings. The van der Waals surface area contributed by atoms with Gasteiger partial charge in [-0.15, -0.1) is 0 Å². The minimum atomic E-state index is -2.57. The second-order valence-electron chi connectivity index (χ2n) is 2.50. The second kappa shape index (κ2) is 4.66. The molecule has 0 aliphatic carbocycles. The van der Waals surface area contributed by atoms with Crippen molar-refractivity contribution < 1.29 is 13.9 Å². The maximum atomic E-state index is 12.2. The third-order valence-electron chi connectivity index (χ3n) is 1.50. The smallest absolute Gasteiger partial charge is 0.283 e. The molecule has 0 unspecified atom stereocenters. The molecule has 0 fully saturated rings. The molecule has 0 spiro atoms. The molecule has 0 saturated heterocycles. The first-order chi connectivity index (χ1) is 6.15. The summed E-state index contributed by atoms with van der Waals surface area (Å²) in [7, 11) is 0. The fourth-order valence-electron chi connectivity index (χ4n) is 0.907. The summed E-state index contributed by atoms with van der Waals surface area (Å²) in [6.07, 6.45) is -0.571. The predicted molar refractivity (Wildman–Crippen MR) is 46.6 cm³/mol. The minimum Gasteiger partial charge on any atom is -0.396 e. The van der Waals surface area contributed by atoms with Crippen molar-refractivity contribution in [3.05, 3.63) is 16.4 Å². The molecule has 0 amide bonds. The minimum absolute atomic E-state index is 0.0293. The largest absolute Gasteiger partial charge is 0.396 e. The van der Waals surface area contributed by atoms with E-state index in [1.54, 1.807) is 0 Å². The number of aromatic nitrogens is 2. The van der Waals surface area contributed by atoms with E-state index >= 15 is 0 Å². The van der Waals surface area contributed by atoms with E-state index < -0.39 is 6.43 Å². The highest BCUT2D eigenvalue weighted by atomic mass is 79.9. The molecule has 13 heavy (non-hydrogen) atoms. The Morgan fingerprint density at radius 2 is 2.31 bits per heavy atom. The zero-order chi connectivity index (χ0) is 9.84. The van der Waals surface area contributed by atoms with Gasteiger partial charge in [0, 0.05) is 19.3 Å². The molecule has 0 aromatic carbocycles. The lowest BCUT2D eigenvalue weighted by atomic mass is 10.4. The number of halogens is 3. The van der Waals surface area contributed by atoms with Gasteiger partial charge in [0.15, 0.2) is 0 Å². The van der Waals surface area contributed by atoms with E-state index in [1.807, 2.05) is 0 Å². The zero-order valence-corrected chi connectivity index (χ0v) is 8.34. The lowest BCUT2D eigenvalue weighted by molar-refractivity contribution is 0.144. The van der Waals surface area contributed by atoms with Crippen LogP contribution < -0.4 is 0 Å². The number of hydrogen-bond donors (Lipinski definition) is 1. The van der Waals surface area contributed by atoms with Crippen molar-refractivity contribution in [1.29, 1.82) is 0 Å². The molecular weight excluding hydrogens is 246 g/mol. The van der Waals surface area contributed by atoms with E-state index in [1.165, 1.54) is 10.9 Å². The third kappa shape index (κ3) is 2.73. The molecule has 1 heterocycles. The van der Waals surface area contributed by atoms with Crippen molar-refractivity contribution in [1.82, 2.24) is 9.78 Å². The van der Waals surface area contributed by atoms with Gasteiger partial charge in [-0.3, -0.25) is 4.68 Å². The highest BCUT2D eigenvalue weighted by Gasteiger charge is 2.15. The standard InChI is InChI=1S/C7H9BrF2N2O/c8-5-4-12(2-1-3-13)11-6(5)7(9)10/h4,7,13H,1-3H2. The highest BCUT2D eigenvalue weighted by Crippen LogP contribution is 2.25. The van der Waals surface area contributed by atoms with Gasteiger partial charge in [0.2, 0.25) is 0 Å². The predicted octanol–water partition coefficient (Wildman–Crippen LogP) is 1.97. The van der Waals surface area contributed by atoms with Crippen molar-refractivity contribution in [3.63, 3.8) is 0 Å². The molecule has 0 radical (unpaired) electrons. The van der Waals surface area contributed by atoms with Crippen LogP contribution in [-0.4, -0.2) is 21.5 Å². The Morgan fingerprint density at radius 1 is 1.62 bits per heavy atom. The molecular formula is C7H9BrF2N2O. The highest BCUT2D eigenvalue weighted by molar-refractivity contribution is 9.10. The van der Waals surface area contributed by atoms with Gasteiger partial charge in [-0.1, -0.05) is 0 Å². The van der Waals surface area contributed by atoms with Crippen LogP contribution in [0.5, 0.6) is 0 Å². The monoisotopic (exact) mass is 254 g/mol. The van der Waals surface area contributed by atoms with Gasteiger partial charge >= 0.3 is 0 Å². The molecule has 3 nitrogen and oxygen atoms in total. The van der Waals surface area contributed by atoms with E-state index in [4.69, 9.17) is 5.11 Å². The second-order valence-corrected chi connectivity index (χ2v) is 3.36. The molecule has 74 valence electrons. The lowest BCUT2D eigenvalue weighted by Gasteiger charge is -1.97. The zero-order valence-electron chi connectivity index (χ0n) is 6.75. The summed E-state index contributed by atoms with van der Waals surface area (Å²) in [6.45, 7) is 0.476. The molecule has 1 aromatic heterocycles. The van der Waals surface area contributed by atoms with E-state index in [0.29, 0.717) is 17.4 Å². The molecule has 1 aromatic rings. The van der Waals surface area contributed by atoms with Gasteiger partial charge in [-0.25, -0.2) is 8.78 Å². The summed E-state index contributed by atoms with van der Waals surface area (Å²) in [5.41, 5.74) is -0.252. The molecule has 6 heteroatoms. The summed E-state index contributed by atoms with van der Waals surface area (Å²) in [6, 6.07) is 0. The number of aliphatic hydroxyl groups excluding tert-OH is 1. The van der Waals surface area contributed by atoms with Crippen LogP contribution in [0.1, 0.15) is 18.5 Å². The van der Waals surface area contributed by atoms with Crippen molar-refractivity contribution in [2.75, 3.05) is 6.61 Å². The molecule has 0 bridgehead atoms. The van der Waals surface area contributed by atoms with Crippen LogP contribution in [-0.2, 0) is 6.54 Å². The fourth-order valence-corrected chi connectivity index (χ4v) is 1.40. The maximum Gasteiger partial charge on any atom is 0.283 e. The van der Waals surface area contributed by atoms with Crippen LogP contribution in [0.4, 0.5) is 8.78 Å². The molecule has 0 aliphatic heterocycles. The van der Waals surface area contributed by atoms with Crippen LogP contribution >= 0.6 is 15.9 Å². The van der Waals surface area contributed by atoms with Crippen LogP contribution in [0, 0.1) is 0 Å². The Balaban J connectivity index is 2.71. The number of rotatable bonds is 4. The van der Waals surface area contributed by atoms with Crippen LogP contribution in [0.3, 0.4) is 0 Å². The average molecular weight is 255 g/mol. The Kier molecular flexibility index (Phi) is 3.80. The van der Waals surface area contributed by atoms with E-state index in [0.717, 1.165) is 0 Å². The molecule has 1 N–H and O–H groups in total. The molecule has 0 atom stereocenters. The number of nitrogens with zero attached hydrogens (tertiary/aromatic N) is 2. The average Bonchev–Trinajstić information content (AvgIpc) is 2.43. The third-order valence-corrected chi connectivity index (χ3v) is 2.11. The Hall–Kier alpha value is -0.490. The van der Waals surface area contributed by atoms with Crippen molar-refractivity contribution in [2.45, 2.75) is 19.4 Å².